The molecular formula is C13H21N5. The van der Waals surface area contributed by atoms with Crippen molar-refractivity contribution in [3.8, 4) is 0 Å². The maximum atomic E-state index is 4.47. The lowest BCUT2D eigenvalue weighted by molar-refractivity contribution is 0.580. The van der Waals surface area contributed by atoms with E-state index >= 15 is 0 Å². The van der Waals surface area contributed by atoms with Crippen LogP contribution in [0.15, 0.2) is 12.4 Å². The van der Waals surface area contributed by atoms with E-state index in [1.54, 1.807) is 6.33 Å². The van der Waals surface area contributed by atoms with E-state index in [9.17, 15) is 0 Å². The second-order valence-corrected chi connectivity index (χ2v) is 4.51. The highest BCUT2D eigenvalue weighted by Crippen LogP contribution is 2.20. The van der Waals surface area contributed by atoms with Gasteiger partial charge in [-0.25, -0.2) is 4.98 Å². The Morgan fingerprint density at radius 2 is 2.00 bits per heavy atom. The van der Waals surface area contributed by atoms with E-state index in [1.807, 2.05) is 4.52 Å². The molecule has 2 aromatic heterocycles. The summed E-state index contributed by atoms with van der Waals surface area (Å²) < 4.78 is 1.82. The molecule has 2 rings (SSSR count). The molecule has 0 aromatic carbocycles. The Balaban J connectivity index is 2.50. The first-order chi connectivity index (χ1) is 8.71. The van der Waals surface area contributed by atoms with Crippen molar-refractivity contribution in [1.29, 1.82) is 0 Å². The van der Waals surface area contributed by atoms with Gasteiger partial charge in [0.25, 0.3) is 5.78 Å². The molecule has 2 aromatic rings. The number of hydrogen-bond donors (Lipinski definition) is 0. The van der Waals surface area contributed by atoms with Gasteiger partial charge in [-0.2, -0.15) is 14.6 Å². The molecule has 0 aliphatic rings. The van der Waals surface area contributed by atoms with Gasteiger partial charge >= 0.3 is 0 Å². The Kier molecular flexibility index (Phi) is 3.79. The number of rotatable bonds is 5. The summed E-state index contributed by atoms with van der Waals surface area (Å²) in [5.74, 6) is 1.75. The van der Waals surface area contributed by atoms with E-state index in [0.717, 1.165) is 30.8 Å². The van der Waals surface area contributed by atoms with Crippen LogP contribution in [-0.2, 0) is 6.42 Å². The molecule has 2 heterocycles. The van der Waals surface area contributed by atoms with Gasteiger partial charge in [0.1, 0.15) is 12.1 Å². The van der Waals surface area contributed by atoms with Gasteiger partial charge in [0.05, 0.1) is 0 Å². The largest absolute Gasteiger partial charge is 0.356 e. The summed E-state index contributed by atoms with van der Waals surface area (Å²) in [5.41, 5.74) is 1.06. The first-order valence-electron chi connectivity index (χ1n) is 6.63. The van der Waals surface area contributed by atoms with Gasteiger partial charge in [0.2, 0.25) is 0 Å². The standard InChI is InChI=1S/C13H21N5/c1-5-10-8-12(17(4)11(6-2)7-3)18-13(16-10)14-9-15-18/h8-9,11H,5-7H2,1-4H3. The smallest absolute Gasteiger partial charge is 0.254 e. The summed E-state index contributed by atoms with van der Waals surface area (Å²) in [6, 6.07) is 2.63. The Bertz CT molecular complexity index is 515. The van der Waals surface area contributed by atoms with Crippen molar-refractivity contribution in [2.24, 2.45) is 0 Å². The summed E-state index contributed by atoms with van der Waals surface area (Å²) in [4.78, 5) is 10.9. The van der Waals surface area contributed by atoms with Crippen molar-refractivity contribution in [2.75, 3.05) is 11.9 Å². The summed E-state index contributed by atoms with van der Waals surface area (Å²) in [6.07, 6.45) is 4.71. The molecule has 0 atom stereocenters. The van der Waals surface area contributed by atoms with Crippen LogP contribution < -0.4 is 4.90 Å². The minimum Gasteiger partial charge on any atom is -0.356 e. The minimum absolute atomic E-state index is 0.518. The quantitative estimate of drug-likeness (QED) is 0.813. The summed E-state index contributed by atoms with van der Waals surface area (Å²) in [6.45, 7) is 6.53. The van der Waals surface area contributed by atoms with Crippen LogP contribution in [0.5, 0.6) is 0 Å². The van der Waals surface area contributed by atoms with Crippen molar-refractivity contribution in [1.82, 2.24) is 19.6 Å². The number of anilines is 1. The number of nitrogens with zero attached hydrogens (tertiary/aromatic N) is 5. The highest BCUT2D eigenvalue weighted by atomic mass is 15.4. The molecule has 0 spiro atoms. The molecule has 0 aliphatic heterocycles. The monoisotopic (exact) mass is 247 g/mol. The number of aryl methyl sites for hydroxylation is 1. The molecule has 5 nitrogen and oxygen atoms in total. The molecule has 0 unspecified atom stereocenters. The Morgan fingerprint density at radius 1 is 1.28 bits per heavy atom. The van der Waals surface area contributed by atoms with Crippen LogP contribution in [0, 0.1) is 0 Å². The van der Waals surface area contributed by atoms with Crippen LogP contribution in [0.4, 0.5) is 5.82 Å². The van der Waals surface area contributed by atoms with Crippen molar-refractivity contribution < 1.29 is 0 Å². The van der Waals surface area contributed by atoms with Crippen LogP contribution in [-0.4, -0.2) is 32.7 Å². The molecule has 0 radical (unpaired) electrons. The molecule has 0 fully saturated rings. The van der Waals surface area contributed by atoms with Gasteiger partial charge in [0, 0.05) is 24.8 Å². The van der Waals surface area contributed by atoms with E-state index in [0.29, 0.717) is 11.8 Å². The molecule has 0 saturated heterocycles. The third-order valence-corrected chi connectivity index (χ3v) is 3.50. The topological polar surface area (TPSA) is 46.3 Å². The lowest BCUT2D eigenvalue weighted by Gasteiger charge is -2.28. The highest BCUT2D eigenvalue weighted by molar-refractivity contribution is 5.47. The minimum atomic E-state index is 0.518. The summed E-state index contributed by atoms with van der Waals surface area (Å²) in [7, 11) is 2.12. The molecular weight excluding hydrogens is 226 g/mol. The fourth-order valence-corrected chi connectivity index (χ4v) is 2.30. The van der Waals surface area contributed by atoms with Gasteiger partial charge in [-0.1, -0.05) is 20.8 Å². The van der Waals surface area contributed by atoms with Crippen LogP contribution in [0.2, 0.25) is 0 Å². The van der Waals surface area contributed by atoms with Crippen LogP contribution in [0.1, 0.15) is 39.3 Å². The maximum Gasteiger partial charge on any atom is 0.254 e. The molecule has 0 amide bonds. The molecule has 0 aliphatic carbocycles. The first kappa shape index (κ1) is 12.8. The summed E-state index contributed by atoms with van der Waals surface area (Å²) >= 11 is 0. The maximum absolute atomic E-state index is 4.47. The van der Waals surface area contributed by atoms with E-state index < -0.39 is 0 Å². The van der Waals surface area contributed by atoms with Gasteiger partial charge in [-0.05, 0) is 19.3 Å². The van der Waals surface area contributed by atoms with Crippen molar-refractivity contribution in [2.45, 2.75) is 46.1 Å². The normalized spacial score (nSPS) is 11.4. The van der Waals surface area contributed by atoms with E-state index in [1.165, 1.54) is 0 Å². The number of fused-ring (bicyclic) bond motifs is 1. The predicted molar refractivity (Wildman–Crippen MR) is 72.9 cm³/mol. The Labute approximate surface area is 108 Å². The average Bonchev–Trinajstić information content (AvgIpc) is 2.86. The first-order valence-corrected chi connectivity index (χ1v) is 6.63. The summed E-state index contributed by atoms with van der Waals surface area (Å²) in [5, 5.41) is 4.27. The van der Waals surface area contributed by atoms with E-state index in [4.69, 9.17) is 0 Å². The average molecular weight is 247 g/mol. The molecule has 98 valence electrons. The fraction of sp³-hybridized carbons (Fsp3) is 0.615. The molecule has 18 heavy (non-hydrogen) atoms. The molecule has 0 N–H and O–H groups in total. The van der Waals surface area contributed by atoms with Gasteiger partial charge < -0.3 is 4.90 Å². The second kappa shape index (κ2) is 5.33. The van der Waals surface area contributed by atoms with Gasteiger partial charge in [-0.15, -0.1) is 0 Å². The van der Waals surface area contributed by atoms with Gasteiger partial charge in [-0.3, -0.25) is 0 Å². The van der Waals surface area contributed by atoms with Crippen LogP contribution in [0.3, 0.4) is 0 Å². The predicted octanol–water partition coefficient (Wildman–Crippen LogP) is 2.31. The van der Waals surface area contributed by atoms with Crippen molar-refractivity contribution in [3.05, 3.63) is 18.1 Å². The van der Waals surface area contributed by atoms with Crippen molar-refractivity contribution in [3.63, 3.8) is 0 Å². The highest BCUT2D eigenvalue weighted by Gasteiger charge is 2.16. The molecule has 5 heteroatoms. The number of aromatic nitrogens is 4. The van der Waals surface area contributed by atoms with Crippen LogP contribution >= 0.6 is 0 Å². The number of hydrogen-bond acceptors (Lipinski definition) is 4. The van der Waals surface area contributed by atoms with E-state index in [-0.39, 0.29) is 0 Å². The lowest BCUT2D eigenvalue weighted by Crippen LogP contribution is -2.32. The Morgan fingerprint density at radius 3 is 2.61 bits per heavy atom. The zero-order chi connectivity index (χ0) is 13.1. The molecule has 0 saturated carbocycles. The van der Waals surface area contributed by atoms with E-state index in [2.05, 4.69) is 53.9 Å². The zero-order valence-corrected chi connectivity index (χ0v) is 11.6. The Hall–Kier alpha value is -1.65. The molecule has 0 bridgehead atoms. The third kappa shape index (κ3) is 2.17. The second-order valence-electron chi connectivity index (χ2n) is 4.51. The third-order valence-electron chi connectivity index (χ3n) is 3.50. The lowest BCUT2D eigenvalue weighted by atomic mass is 10.1. The van der Waals surface area contributed by atoms with Gasteiger partial charge in [0.15, 0.2) is 0 Å². The van der Waals surface area contributed by atoms with Crippen molar-refractivity contribution >= 4 is 11.6 Å². The SMILES string of the molecule is CCc1cc(N(C)C(CC)CC)n2ncnc2n1. The fourth-order valence-electron chi connectivity index (χ4n) is 2.30. The van der Waals surface area contributed by atoms with Crippen LogP contribution in [0.25, 0.3) is 5.78 Å². The zero-order valence-electron chi connectivity index (χ0n) is 11.6.